The maximum atomic E-state index is 5.44. The van der Waals surface area contributed by atoms with Crippen molar-refractivity contribution in [2.75, 3.05) is 26.7 Å². The minimum absolute atomic E-state index is 0.467. The lowest BCUT2D eigenvalue weighted by atomic mass is 10.0. The highest BCUT2D eigenvalue weighted by atomic mass is 16.5. The number of ether oxygens (including phenoxy) is 1. The monoisotopic (exact) mass is 302 g/mol. The molecule has 1 N–H and O–H groups in total. The van der Waals surface area contributed by atoms with E-state index in [0.717, 1.165) is 18.7 Å². The first-order valence-electron chi connectivity index (χ1n) is 8.33. The van der Waals surface area contributed by atoms with Crippen molar-refractivity contribution in [1.29, 1.82) is 0 Å². The van der Waals surface area contributed by atoms with E-state index in [0.29, 0.717) is 12.1 Å². The molecule has 122 valence electrons. The number of methoxy groups -OCH3 is 1. The molecule has 1 fully saturated rings. The van der Waals surface area contributed by atoms with Gasteiger partial charge in [0, 0.05) is 18.6 Å². The molecule has 1 aliphatic heterocycles. The highest BCUT2D eigenvalue weighted by Gasteiger charge is 2.20. The molecule has 0 amide bonds. The second-order valence-corrected chi connectivity index (χ2v) is 6.59. The van der Waals surface area contributed by atoms with Crippen LogP contribution < -0.4 is 10.1 Å². The minimum Gasteiger partial charge on any atom is -0.496 e. The van der Waals surface area contributed by atoms with Gasteiger partial charge in [0.25, 0.3) is 0 Å². The Bertz CT molecular complexity index is 478. The van der Waals surface area contributed by atoms with Crippen LogP contribution >= 0.6 is 0 Å². The van der Waals surface area contributed by atoms with Crippen molar-refractivity contribution in [2.24, 2.45) is 0 Å². The Morgan fingerprint density at radius 1 is 1.36 bits per heavy atom. The molecule has 1 heterocycles. The number of hydrogen-bond donors (Lipinski definition) is 1. The number of rotatable bonds is 7. The third-order valence-electron chi connectivity index (χ3n) is 4.32. The van der Waals surface area contributed by atoms with Gasteiger partial charge in [0.05, 0.1) is 7.11 Å². The summed E-state index contributed by atoms with van der Waals surface area (Å²) in [6, 6.07) is 9.41. The van der Waals surface area contributed by atoms with E-state index >= 15 is 0 Å². The van der Waals surface area contributed by atoms with Crippen LogP contribution in [0.1, 0.15) is 32.3 Å². The molecule has 0 radical (unpaired) electrons. The molecule has 1 aromatic carbocycles. The van der Waals surface area contributed by atoms with Gasteiger partial charge in [-0.1, -0.05) is 30.4 Å². The molecule has 22 heavy (non-hydrogen) atoms. The summed E-state index contributed by atoms with van der Waals surface area (Å²) >= 11 is 0. The zero-order valence-electron chi connectivity index (χ0n) is 14.3. The number of nitrogens with one attached hydrogen (secondary N) is 1. The van der Waals surface area contributed by atoms with Gasteiger partial charge < -0.3 is 10.1 Å². The fourth-order valence-corrected chi connectivity index (χ4v) is 3.30. The quantitative estimate of drug-likeness (QED) is 0.783. The average molecular weight is 302 g/mol. The molecule has 0 spiro atoms. The molecular weight excluding hydrogens is 272 g/mol. The Morgan fingerprint density at radius 2 is 2.05 bits per heavy atom. The summed E-state index contributed by atoms with van der Waals surface area (Å²) in [6.07, 6.45) is 3.46. The molecule has 3 nitrogen and oxygen atoms in total. The van der Waals surface area contributed by atoms with Gasteiger partial charge in [-0.05, 0) is 57.8 Å². The molecule has 3 heteroatoms. The molecule has 2 rings (SSSR count). The Kier molecular flexibility index (Phi) is 6.47. The average Bonchev–Trinajstić information content (AvgIpc) is 2.49. The van der Waals surface area contributed by atoms with E-state index in [-0.39, 0.29) is 0 Å². The van der Waals surface area contributed by atoms with Crippen molar-refractivity contribution in [3.8, 4) is 5.75 Å². The number of likely N-dealkylation sites (tertiary alicyclic amines) is 1. The van der Waals surface area contributed by atoms with Gasteiger partial charge in [-0.2, -0.15) is 0 Å². The summed E-state index contributed by atoms with van der Waals surface area (Å²) in [5.41, 5.74) is 2.54. The Morgan fingerprint density at radius 3 is 2.68 bits per heavy atom. The second kappa shape index (κ2) is 8.35. The first-order chi connectivity index (χ1) is 10.6. The van der Waals surface area contributed by atoms with Crippen molar-refractivity contribution >= 4 is 0 Å². The predicted octanol–water partition coefficient (Wildman–Crippen LogP) is 3.26. The lowest BCUT2D eigenvalue weighted by Gasteiger charge is -2.34. The molecule has 0 bridgehead atoms. The number of para-hydroxylation sites is 1. The predicted molar refractivity (Wildman–Crippen MR) is 93.6 cm³/mol. The number of hydrogen-bond acceptors (Lipinski definition) is 3. The van der Waals surface area contributed by atoms with Gasteiger partial charge in [-0.3, -0.25) is 4.90 Å². The van der Waals surface area contributed by atoms with E-state index in [9.17, 15) is 0 Å². The highest BCUT2D eigenvalue weighted by Crippen LogP contribution is 2.20. The molecule has 1 unspecified atom stereocenters. The normalized spacial score (nSPS) is 18.1. The Balaban J connectivity index is 1.78. The van der Waals surface area contributed by atoms with Crippen LogP contribution in [0.25, 0.3) is 0 Å². The molecule has 1 saturated heterocycles. The molecule has 0 aliphatic carbocycles. The van der Waals surface area contributed by atoms with Crippen LogP contribution in [0, 0.1) is 0 Å². The first kappa shape index (κ1) is 17.0. The summed E-state index contributed by atoms with van der Waals surface area (Å²) in [5.74, 6) is 0.993. The molecule has 0 saturated carbocycles. The largest absolute Gasteiger partial charge is 0.496 e. The smallest absolute Gasteiger partial charge is 0.122 e. The molecule has 1 atom stereocenters. The highest BCUT2D eigenvalue weighted by molar-refractivity contribution is 5.33. The minimum atomic E-state index is 0.467. The fraction of sp³-hybridized carbons (Fsp3) is 0.579. The Hall–Kier alpha value is -1.32. The van der Waals surface area contributed by atoms with E-state index in [4.69, 9.17) is 4.74 Å². The van der Waals surface area contributed by atoms with Crippen molar-refractivity contribution in [2.45, 2.75) is 45.2 Å². The van der Waals surface area contributed by atoms with Crippen LogP contribution in [0.4, 0.5) is 0 Å². The first-order valence-corrected chi connectivity index (χ1v) is 8.33. The lowest BCUT2D eigenvalue weighted by molar-refractivity contribution is 0.204. The van der Waals surface area contributed by atoms with Crippen LogP contribution in [0.3, 0.4) is 0 Å². The van der Waals surface area contributed by atoms with E-state index < -0.39 is 0 Å². The molecular formula is C19H30N2O. The van der Waals surface area contributed by atoms with Gasteiger partial charge in [0.15, 0.2) is 0 Å². The van der Waals surface area contributed by atoms with Crippen LogP contribution in [-0.2, 0) is 6.42 Å². The van der Waals surface area contributed by atoms with E-state index in [2.05, 4.69) is 42.8 Å². The van der Waals surface area contributed by atoms with Crippen molar-refractivity contribution in [3.63, 3.8) is 0 Å². The maximum Gasteiger partial charge on any atom is 0.122 e. The van der Waals surface area contributed by atoms with Gasteiger partial charge in [0.1, 0.15) is 5.75 Å². The summed E-state index contributed by atoms with van der Waals surface area (Å²) in [4.78, 5) is 2.51. The zero-order chi connectivity index (χ0) is 15.9. The maximum absolute atomic E-state index is 5.44. The Labute approximate surface area is 135 Å². The topological polar surface area (TPSA) is 24.5 Å². The second-order valence-electron chi connectivity index (χ2n) is 6.59. The van der Waals surface area contributed by atoms with Crippen molar-refractivity contribution in [3.05, 3.63) is 42.0 Å². The summed E-state index contributed by atoms with van der Waals surface area (Å²) < 4.78 is 5.44. The summed E-state index contributed by atoms with van der Waals surface area (Å²) in [6.45, 7) is 11.8. The third kappa shape index (κ3) is 5.15. The van der Waals surface area contributed by atoms with E-state index in [1.165, 1.54) is 37.1 Å². The molecule has 1 aromatic rings. The number of benzene rings is 1. The van der Waals surface area contributed by atoms with Crippen molar-refractivity contribution < 1.29 is 4.74 Å². The van der Waals surface area contributed by atoms with Gasteiger partial charge in [-0.15, -0.1) is 0 Å². The van der Waals surface area contributed by atoms with Crippen molar-refractivity contribution in [1.82, 2.24) is 10.2 Å². The van der Waals surface area contributed by atoms with E-state index in [1.54, 1.807) is 7.11 Å². The third-order valence-corrected chi connectivity index (χ3v) is 4.32. The summed E-state index contributed by atoms with van der Waals surface area (Å²) in [5, 5.41) is 3.79. The van der Waals surface area contributed by atoms with Gasteiger partial charge in [0.2, 0.25) is 0 Å². The van der Waals surface area contributed by atoms with Gasteiger partial charge in [-0.25, -0.2) is 0 Å². The van der Waals surface area contributed by atoms with Gasteiger partial charge >= 0.3 is 0 Å². The fourth-order valence-electron chi connectivity index (χ4n) is 3.30. The number of nitrogens with zero attached hydrogens (tertiary/aromatic N) is 1. The van der Waals surface area contributed by atoms with Crippen LogP contribution in [0.15, 0.2) is 36.4 Å². The molecule has 1 aliphatic rings. The lowest BCUT2D eigenvalue weighted by Crippen LogP contribution is -2.46. The zero-order valence-corrected chi connectivity index (χ0v) is 14.3. The molecule has 0 aromatic heterocycles. The SMILES string of the molecule is C=C(C)CN1CCC(NC(C)Cc2ccccc2OC)CC1. The van der Waals surface area contributed by atoms with Crippen LogP contribution in [-0.4, -0.2) is 43.7 Å². The van der Waals surface area contributed by atoms with E-state index in [1.807, 2.05) is 12.1 Å². The summed E-state index contributed by atoms with van der Waals surface area (Å²) in [7, 11) is 1.74. The number of piperidine rings is 1. The van der Waals surface area contributed by atoms with Crippen LogP contribution in [0.5, 0.6) is 5.75 Å². The van der Waals surface area contributed by atoms with Crippen LogP contribution in [0.2, 0.25) is 0 Å². The standard InChI is InChI=1S/C19H30N2O/c1-15(2)14-21-11-9-18(10-12-21)20-16(3)13-17-7-5-6-8-19(17)22-4/h5-8,16,18,20H,1,9-14H2,2-4H3.